The van der Waals surface area contributed by atoms with E-state index < -0.39 is 0 Å². The first-order chi connectivity index (χ1) is 10.4. The molecule has 4 atom stereocenters. The SMILES string of the molecule is N#Cc1ccc(NC2C3C4CCC(C4)C23)c2ccccc12. The van der Waals surface area contributed by atoms with Crippen molar-refractivity contribution in [3.05, 3.63) is 42.0 Å². The zero-order chi connectivity index (χ0) is 14.0. The Morgan fingerprint density at radius 1 is 0.952 bits per heavy atom. The van der Waals surface area contributed by atoms with E-state index in [0.29, 0.717) is 6.04 Å². The van der Waals surface area contributed by atoms with E-state index in [1.54, 1.807) is 0 Å². The van der Waals surface area contributed by atoms with Crippen molar-refractivity contribution in [2.45, 2.75) is 25.3 Å². The van der Waals surface area contributed by atoms with Gasteiger partial charge in [0, 0.05) is 22.5 Å². The van der Waals surface area contributed by atoms with E-state index in [1.165, 1.54) is 30.3 Å². The summed E-state index contributed by atoms with van der Waals surface area (Å²) in [5.41, 5.74) is 1.98. The average molecular weight is 274 g/mol. The minimum atomic E-state index is 0.688. The number of hydrogen-bond acceptors (Lipinski definition) is 2. The molecule has 1 N–H and O–H groups in total. The number of hydrogen-bond donors (Lipinski definition) is 1. The smallest absolute Gasteiger partial charge is 0.0998 e. The number of nitriles is 1. The minimum Gasteiger partial charge on any atom is -0.381 e. The van der Waals surface area contributed by atoms with Crippen molar-refractivity contribution in [1.29, 1.82) is 5.26 Å². The summed E-state index contributed by atoms with van der Waals surface area (Å²) in [6.07, 6.45) is 4.40. The molecule has 3 aliphatic carbocycles. The maximum absolute atomic E-state index is 9.26. The highest BCUT2D eigenvalue weighted by molar-refractivity contribution is 5.97. The molecule has 0 radical (unpaired) electrons. The molecule has 3 fully saturated rings. The highest BCUT2D eigenvalue weighted by Gasteiger charge is 2.65. The topological polar surface area (TPSA) is 35.8 Å². The van der Waals surface area contributed by atoms with Crippen LogP contribution in [0.3, 0.4) is 0 Å². The highest BCUT2D eigenvalue weighted by atomic mass is 15.0. The van der Waals surface area contributed by atoms with Gasteiger partial charge < -0.3 is 5.32 Å². The summed E-state index contributed by atoms with van der Waals surface area (Å²) in [5.74, 6) is 3.83. The van der Waals surface area contributed by atoms with Crippen LogP contribution >= 0.6 is 0 Å². The zero-order valence-electron chi connectivity index (χ0n) is 11.9. The van der Waals surface area contributed by atoms with Crippen LogP contribution in [0.15, 0.2) is 36.4 Å². The van der Waals surface area contributed by atoms with Crippen LogP contribution in [0.2, 0.25) is 0 Å². The van der Waals surface area contributed by atoms with Crippen molar-refractivity contribution >= 4 is 16.5 Å². The van der Waals surface area contributed by atoms with Gasteiger partial charge in [0.1, 0.15) is 0 Å². The lowest BCUT2D eigenvalue weighted by Crippen LogP contribution is -2.13. The summed E-state index contributed by atoms with van der Waals surface area (Å²) >= 11 is 0. The Hall–Kier alpha value is -2.01. The van der Waals surface area contributed by atoms with Crippen LogP contribution in [0.4, 0.5) is 5.69 Å². The predicted octanol–water partition coefficient (Wildman–Crippen LogP) is 4.17. The van der Waals surface area contributed by atoms with Crippen molar-refractivity contribution < 1.29 is 0 Å². The van der Waals surface area contributed by atoms with Gasteiger partial charge >= 0.3 is 0 Å². The standard InChI is InChI=1S/C19H18N2/c20-10-13-7-8-16(15-4-2-1-3-14(13)15)21-19-17-11-5-6-12(9-11)18(17)19/h1-4,7-8,11-12,17-19,21H,5-6,9H2. The van der Waals surface area contributed by atoms with Crippen LogP contribution in [0.1, 0.15) is 24.8 Å². The Kier molecular flexibility index (Phi) is 2.22. The molecule has 5 rings (SSSR count). The van der Waals surface area contributed by atoms with E-state index in [4.69, 9.17) is 0 Å². The molecule has 0 heterocycles. The van der Waals surface area contributed by atoms with E-state index in [1.807, 2.05) is 12.1 Å². The molecule has 0 aromatic heterocycles. The fraction of sp³-hybridized carbons (Fsp3) is 0.421. The lowest BCUT2D eigenvalue weighted by Gasteiger charge is -2.14. The van der Waals surface area contributed by atoms with Gasteiger partial charge in [0.2, 0.25) is 0 Å². The Bertz CT molecular complexity index is 757. The van der Waals surface area contributed by atoms with Gasteiger partial charge in [-0.1, -0.05) is 24.3 Å². The second kappa shape index (κ2) is 4.01. The van der Waals surface area contributed by atoms with Crippen molar-refractivity contribution in [3.8, 4) is 6.07 Å². The molecule has 2 heteroatoms. The summed E-state index contributed by atoms with van der Waals surface area (Å²) in [7, 11) is 0. The zero-order valence-corrected chi connectivity index (χ0v) is 11.9. The predicted molar refractivity (Wildman–Crippen MR) is 83.9 cm³/mol. The number of anilines is 1. The number of fused-ring (bicyclic) bond motifs is 6. The summed E-state index contributed by atoms with van der Waals surface area (Å²) in [6.45, 7) is 0. The van der Waals surface area contributed by atoms with Gasteiger partial charge in [-0.15, -0.1) is 0 Å². The molecule has 2 nitrogen and oxygen atoms in total. The molecule has 2 aromatic carbocycles. The summed E-state index contributed by atoms with van der Waals surface area (Å²) in [5, 5.41) is 15.3. The van der Waals surface area contributed by atoms with Crippen LogP contribution in [-0.4, -0.2) is 6.04 Å². The lowest BCUT2D eigenvalue weighted by molar-refractivity contribution is 0.456. The molecule has 3 aliphatic rings. The molecular formula is C19H18N2. The maximum Gasteiger partial charge on any atom is 0.0998 e. The molecule has 21 heavy (non-hydrogen) atoms. The molecule has 0 amide bonds. The fourth-order valence-corrected chi connectivity index (χ4v) is 5.22. The van der Waals surface area contributed by atoms with Gasteiger partial charge in [-0.05, 0) is 55.1 Å². The summed E-state index contributed by atoms with van der Waals surface area (Å²) in [6, 6.07) is 15.3. The second-order valence-corrected chi connectivity index (χ2v) is 6.98. The van der Waals surface area contributed by atoms with E-state index in [-0.39, 0.29) is 0 Å². The maximum atomic E-state index is 9.26. The Morgan fingerprint density at radius 3 is 2.38 bits per heavy atom. The van der Waals surface area contributed by atoms with E-state index >= 15 is 0 Å². The van der Waals surface area contributed by atoms with Gasteiger partial charge in [-0.3, -0.25) is 0 Å². The Labute approximate surface area is 124 Å². The Balaban J connectivity index is 1.51. The van der Waals surface area contributed by atoms with E-state index in [9.17, 15) is 5.26 Å². The molecule has 3 saturated carbocycles. The molecule has 2 bridgehead atoms. The van der Waals surface area contributed by atoms with Crippen LogP contribution in [0.25, 0.3) is 10.8 Å². The quantitative estimate of drug-likeness (QED) is 0.892. The van der Waals surface area contributed by atoms with Gasteiger partial charge in [0.05, 0.1) is 11.6 Å². The van der Waals surface area contributed by atoms with E-state index in [0.717, 1.165) is 34.6 Å². The summed E-state index contributed by atoms with van der Waals surface area (Å²) in [4.78, 5) is 0. The van der Waals surface area contributed by atoms with Crippen molar-refractivity contribution in [2.75, 3.05) is 5.32 Å². The first-order valence-corrected chi connectivity index (χ1v) is 8.05. The van der Waals surface area contributed by atoms with Gasteiger partial charge in [0.15, 0.2) is 0 Å². The number of benzene rings is 2. The van der Waals surface area contributed by atoms with E-state index in [2.05, 4.69) is 35.7 Å². The minimum absolute atomic E-state index is 0.688. The molecule has 4 unspecified atom stereocenters. The molecule has 2 aromatic rings. The highest BCUT2D eigenvalue weighted by Crippen LogP contribution is 2.66. The molecule has 0 saturated heterocycles. The largest absolute Gasteiger partial charge is 0.381 e. The van der Waals surface area contributed by atoms with Crippen molar-refractivity contribution in [3.63, 3.8) is 0 Å². The van der Waals surface area contributed by atoms with Crippen molar-refractivity contribution in [1.82, 2.24) is 0 Å². The molecule has 0 spiro atoms. The molecular weight excluding hydrogens is 256 g/mol. The number of nitrogens with one attached hydrogen (secondary N) is 1. The third kappa shape index (κ3) is 1.52. The van der Waals surface area contributed by atoms with Crippen molar-refractivity contribution in [2.24, 2.45) is 23.7 Å². The number of nitrogens with zero attached hydrogens (tertiary/aromatic N) is 1. The average Bonchev–Trinajstić information content (AvgIpc) is 2.92. The van der Waals surface area contributed by atoms with Gasteiger partial charge in [0.25, 0.3) is 0 Å². The monoisotopic (exact) mass is 274 g/mol. The summed E-state index contributed by atoms with van der Waals surface area (Å²) < 4.78 is 0. The third-order valence-electron chi connectivity index (χ3n) is 6.10. The van der Waals surface area contributed by atoms with Crippen LogP contribution in [0, 0.1) is 35.0 Å². The molecule has 0 aliphatic heterocycles. The van der Waals surface area contributed by atoms with Gasteiger partial charge in [-0.25, -0.2) is 0 Å². The Morgan fingerprint density at radius 2 is 1.67 bits per heavy atom. The number of rotatable bonds is 2. The lowest BCUT2D eigenvalue weighted by atomic mass is 10.0. The fourth-order valence-electron chi connectivity index (χ4n) is 5.22. The normalized spacial score (nSPS) is 35.5. The first-order valence-electron chi connectivity index (χ1n) is 8.05. The van der Waals surface area contributed by atoms with Gasteiger partial charge in [-0.2, -0.15) is 5.26 Å². The van der Waals surface area contributed by atoms with Crippen LogP contribution in [0.5, 0.6) is 0 Å². The third-order valence-corrected chi connectivity index (χ3v) is 6.10. The van der Waals surface area contributed by atoms with Crippen LogP contribution < -0.4 is 5.32 Å². The van der Waals surface area contributed by atoms with Crippen LogP contribution in [-0.2, 0) is 0 Å². The second-order valence-electron chi connectivity index (χ2n) is 6.98. The first kappa shape index (κ1) is 11.6. The molecule has 104 valence electrons.